The maximum absolute atomic E-state index is 13.3. The van der Waals surface area contributed by atoms with Crippen LogP contribution >= 0.6 is 0 Å². The lowest BCUT2D eigenvalue weighted by atomic mass is 9.94. The van der Waals surface area contributed by atoms with Crippen LogP contribution in [0.5, 0.6) is 5.75 Å². The zero-order chi connectivity index (χ0) is 22.3. The van der Waals surface area contributed by atoms with Crippen molar-refractivity contribution in [1.82, 2.24) is 9.80 Å². The second-order valence-electron chi connectivity index (χ2n) is 8.71. The van der Waals surface area contributed by atoms with Crippen LogP contribution < -0.4 is 10.1 Å². The minimum atomic E-state index is 0.0160. The first-order chi connectivity index (χ1) is 15.7. The van der Waals surface area contributed by atoms with Crippen molar-refractivity contribution >= 4 is 23.2 Å². The van der Waals surface area contributed by atoms with Crippen molar-refractivity contribution in [3.05, 3.63) is 54.1 Å². The molecule has 170 valence electrons. The predicted molar refractivity (Wildman–Crippen MR) is 126 cm³/mol. The lowest BCUT2D eigenvalue weighted by Crippen LogP contribution is -2.44. The summed E-state index contributed by atoms with van der Waals surface area (Å²) in [5.74, 6) is 1.14. The lowest BCUT2D eigenvalue weighted by Gasteiger charge is -2.34. The van der Waals surface area contributed by atoms with Gasteiger partial charge in [-0.1, -0.05) is 25.0 Å². The van der Waals surface area contributed by atoms with E-state index in [1.165, 1.54) is 12.8 Å². The first kappa shape index (κ1) is 22.2. The van der Waals surface area contributed by atoms with Crippen molar-refractivity contribution in [3.63, 3.8) is 0 Å². The number of methoxy groups -OCH3 is 1. The van der Waals surface area contributed by atoms with E-state index in [9.17, 15) is 9.59 Å². The van der Waals surface area contributed by atoms with E-state index < -0.39 is 0 Å². The molecule has 0 aliphatic carbocycles. The summed E-state index contributed by atoms with van der Waals surface area (Å²) in [4.78, 5) is 30.2. The summed E-state index contributed by atoms with van der Waals surface area (Å²) in [6.45, 7) is 3.03. The Morgan fingerprint density at radius 2 is 1.50 bits per heavy atom. The van der Waals surface area contributed by atoms with Crippen molar-refractivity contribution in [2.75, 3.05) is 38.6 Å². The van der Waals surface area contributed by atoms with E-state index in [0.717, 1.165) is 55.9 Å². The largest absolute Gasteiger partial charge is 0.497 e. The summed E-state index contributed by atoms with van der Waals surface area (Å²) >= 11 is 0. The third kappa shape index (κ3) is 5.23. The summed E-state index contributed by atoms with van der Waals surface area (Å²) in [6, 6.07) is 15.2. The van der Waals surface area contributed by atoms with E-state index in [-0.39, 0.29) is 11.8 Å². The van der Waals surface area contributed by atoms with Gasteiger partial charge in [-0.05, 0) is 62.1 Å². The number of benzene rings is 2. The van der Waals surface area contributed by atoms with Gasteiger partial charge in [-0.2, -0.15) is 0 Å². The summed E-state index contributed by atoms with van der Waals surface area (Å²) in [5, 5.41) is 3.36. The third-order valence-corrected chi connectivity index (χ3v) is 6.58. The maximum atomic E-state index is 13.3. The number of hydrogen-bond acceptors (Lipinski definition) is 4. The minimum Gasteiger partial charge on any atom is -0.497 e. The number of para-hydroxylation sites is 1. The van der Waals surface area contributed by atoms with Gasteiger partial charge in [0.15, 0.2) is 0 Å². The molecule has 0 unspecified atom stereocenters. The molecule has 2 amide bonds. The highest BCUT2D eigenvalue weighted by Gasteiger charge is 2.31. The number of carbonyl (C=O) groups excluding carboxylic acids is 2. The molecule has 1 N–H and O–H groups in total. The van der Waals surface area contributed by atoms with Crippen LogP contribution in [-0.4, -0.2) is 54.9 Å². The van der Waals surface area contributed by atoms with Gasteiger partial charge in [0.25, 0.3) is 5.91 Å². The van der Waals surface area contributed by atoms with E-state index in [1.807, 2.05) is 53.4 Å². The Bertz CT molecular complexity index is 912. The normalized spacial score (nSPS) is 17.5. The van der Waals surface area contributed by atoms with Crippen molar-refractivity contribution in [2.24, 2.45) is 5.92 Å². The molecular weight excluding hydrogens is 402 g/mol. The van der Waals surface area contributed by atoms with Crippen LogP contribution in [0, 0.1) is 5.92 Å². The number of rotatable bonds is 5. The molecule has 0 radical (unpaired) electrons. The number of amides is 2. The highest BCUT2D eigenvalue weighted by atomic mass is 16.5. The molecule has 6 nitrogen and oxygen atoms in total. The Balaban J connectivity index is 1.38. The third-order valence-electron chi connectivity index (χ3n) is 6.58. The standard InChI is InChI=1S/C26H33N3O3/c1-32-22-12-10-21(11-13-22)27-24-9-5-4-8-23(24)26(31)29-18-14-20(15-19-29)25(30)28-16-6-2-3-7-17-28/h4-5,8-13,20,27H,2-3,6-7,14-19H2,1H3. The van der Waals surface area contributed by atoms with Gasteiger partial charge in [0.1, 0.15) is 5.75 Å². The van der Waals surface area contributed by atoms with Gasteiger partial charge in [0, 0.05) is 37.8 Å². The molecule has 0 saturated carbocycles. The smallest absolute Gasteiger partial charge is 0.255 e. The SMILES string of the molecule is COc1ccc(Nc2ccccc2C(=O)N2CCC(C(=O)N3CCCCCC3)CC2)cc1. The van der Waals surface area contributed by atoms with Gasteiger partial charge in [0.2, 0.25) is 5.91 Å². The summed E-state index contributed by atoms with van der Waals surface area (Å²) in [7, 11) is 1.64. The van der Waals surface area contributed by atoms with Crippen LogP contribution in [0.4, 0.5) is 11.4 Å². The zero-order valence-electron chi connectivity index (χ0n) is 18.9. The Morgan fingerprint density at radius 1 is 0.844 bits per heavy atom. The molecule has 0 aromatic heterocycles. The highest BCUT2D eigenvalue weighted by molar-refractivity contribution is 6.00. The zero-order valence-corrected chi connectivity index (χ0v) is 18.9. The van der Waals surface area contributed by atoms with Crippen molar-refractivity contribution in [3.8, 4) is 5.75 Å². The topological polar surface area (TPSA) is 61.9 Å². The number of anilines is 2. The van der Waals surface area contributed by atoms with Gasteiger partial charge < -0.3 is 19.9 Å². The number of nitrogens with one attached hydrogen (secondary N) is 1. The molecule has 2 aliphatic rings. The van der Waals surface area contributed by atoms with Crippen LogP contribution in [0.2, 0.25) is 0 Å². The number of piperidine rings is 1. The molecule has 0 atom stereocenters. The fourth-order valence-corrected chi connectivity index (χ4v) is 4.66. The Hall–Kier alpha value is -3.02. The van der Waals surface area contributed by atoms with E-state index in [4.69, 9.17) is 4.74 Å². The molecule has 6 heteroatoms. The fourth-order valence-electron chi connectivity index (χ4n) is 4.66. The molecular formula is C26H33N3O3. The molecule has 2 aromatic rings. The molecule has 32 heavy (non-hydrogen) atoms. The van der Waals surface area contributed by atoms with Gasteiger partial charge in [-0.25, -0.2) is 0 Å². The summed E-state index contributed by atoms with van der Waals surface area (Å²) in [6.07, 6.45) is 6.16. The molecule has 2 fully saturated rings. The highest BCUT2D eigenvalue weighted by Crippen LogP contribution is 2.27. The molecule has 2 heterocycles. The average Bonchev–Trinajstić information content (AvgIpc) is 3.14. The molecule has 0 bridgehead atoms. The Morgan fingerprint density at radius 3 is 2.16 bits per heavy atom. The first-order valence-electron chi connectivity index (χ1n) is 11.7. The first-order valence-corrected chi connectivity index (χ1v) is 11.7. The monoisotopic (exact) mass is 435 g/mol. The molecule has 2 aromatic carbocycles. The predicted octanol–water partition coefficient (Wildman–Crippen LogP) is 4.69. The second-order valence-corrected chi connectivity index (χ2v) is 8.71. The van der Waals surface area contributed by atoms with Gasteiger partial charge in [-0.3, -0.25) is 9.59 Å². The number of likely N-dealkylation sites (tertiary alicyclic amines) is 2. The number of ether oxygens (including phenoxy) is 1. The van der Waals surface area contributed by atoms with Crippen LogP contribution in [-0.2, 0) is 4.79 Å². The van der Waals surface area contributed by atoms with E-state index in [0.29, 0.717) is 24.6 Å². The molecule has 2 saturated heterocycles. The fraction of sp³-hybridized carbons (Fsp3) is 0.462. The lowest BCUT2D eigenvalue weighted by molar-refractivity contribution is -0.136. The van der Waals surface area contributed by atoms with Crippen LogP contribution in [0.25, 0.3) is 0 Å². The van der Waals surface area contributed by atoms with Gasteiger partial charge >= 0.3 is 0 Å². The summed E-state index contributed by atoms with van der Waals surface area (Å²) in [5.41, 5.74) is 2.33. The number of nitrogens with zero attached hydrogens (tertiary/aromatic N) is 2. The Kier molecular flexibility index (Phi) is 7.30. The minimum absolute atomic E-state index is 0.0160. The number of carbonyl (C=O) groups is 2. The second kappa shape index (κ2) is 10.5. The van der Waals surface area contributed by atoms with Gasteiger partial charge in [-0.15, -0.1) is 0 Å². The van der Waals surface area contributed by atoms with Crippen LogP contribution in [0.1, 0.15) is 48.9 Å². The van der Waals surface area contributed by atoms with Crippen LogP contribution in [0.3, 0.4) is 0 Å². The van der Waals surface area contributed by atoms with E-state index in [1.54, 1.807) is 7.11 Å². The van der Waals surface area contributed by atoms with Crippen molar-refractivity contribution in [2.45, 2.75) is 38.5 Å². The quantitative estimate of drug-likeness (QED) is 0.740. The van der Waals surface area contributed by atoms with Crippen molar-refractivity contribution < 1.29 is 14.3 Å². The Labute approximate surface area is 190 Å². The van der Waals surface area contributed by atoms with E-state index >= 15 is 0 Å². The summed E-state index contributed by atoms with van der Waals surface area (Å²) < 4.78 is 5.22. The van der Waals surface area contributed by atoms with Crippen molar-refractivity contribution in [1.29, 1.82) is 0 Å². The van der Waals surface area contributed by atoms with Crippen LogP contribution in [0.15, 0.2) is 48.5 Å². The van der Waals surface area contributed by atoms with Gasteiger partial charge in [0.05, 0.1) is 18.4 Å². The maximum Gasteiger partial charge on any atom is 0.255 e. The molecule has 0 spiro atoms. The number of hydrogen-bond donors (Lipinski definition) is 1. The molecule has 2 aliphatic heterocycles. The molecule has 4 rings (SSSR count). The average molecular weight is 436 g/mol. The van der Waals surface area contributed by atoms with E-state index in [2.05, 4.69) is 10.2 Å².